The van der Waals surface area contributed by atoms with Crippen LogP contribution in [0.3, 0.4) is 0 Å². The van der Waals surface area contributed by atoms with Crippen molar-refractivity contribution < 1.29 is 4.79 Å². The van der Waals surface area contributed by atoms with Gasteiger partial charge in [0, 0.05) is 12.1 Å². The van der Waals surface area contributed by atoms with Gasteiger partial charge in [-0.1, -0.05) is 30.7 Å². The number of aryl methyl sites for hydroxylation is 1. The molecular formula is C16H15ClN2O. The minimum Gasteiger partial charge on any atom is -0.398 e. The van der Waals surface area contributed by atoms with Crippen LogP contribution in [0.5, 0.6) is 0 Å². The Morgan fingerprint density at radius 1 is 1.20 bits per heavy atom. The summed E-state index contributed by atoms with van der Waals surface area (Å²) >= 11 is 6.13. The minimum atomic E-state index is -0.0545. The van der Waals surface area contributed by atoms with Crippen molar-refractivity contribution in [3.8, 4) is 11.1 Å². The van der Waals surface area contributed by atoms with Crippen LogP contribution in [0.2, 0.25) is 5.02 Å². The maximum absolute atomic E-state index is 12.2. The monoisotopic (exact) mass is 286 g/mol. The predicted molar refractivity (Wildman–Crippen MR) is 81.8 cm³/mol. The number of nitrogen functional groups attached to an aromatic ring is 1. The first-order valence-corrected chi connectivity index (χ1v) is 6.97. The highest BCUT2D eigenvalue weighted by molar-refractivity contribution is 6.33. The van der Waals surface area contributed by atoms with Crippen LogP contribution in [0.4, 0.5) is 5.69 Å². The van der Waals surface area contributed by atoms with Crippen LogP contribution in [0, 0.1) is 0 Å². The number of carbonyl (C=O) groups is 1. The number of nitrogens with two attached hydrogens (primary N) is 1. The van der Waals surface area contributed by atoms with E-state index in [-0.39, 0.29) is 5.91 Å². The molecule has 2 aromatic carbocycles. The molecule has 4 heteroatoms. The maximum atomic E-state index is 12.2. The summed E-state index contributed by atoms with van der Waals surface area (Å²) in [7, 11) is 0. The Hall–Kier alpha value is -2.00. The molecule has 0 aromatic heterocycles. The number of anilines is 1. The van der Waals surface area contributed by atoms with E-state index >= 15 is 0 Å². The molecule has 3 nitrogen and oxygen atoms in total. The van der Waals surface area contributed by atoms with Crippen LogP contribution in [0.25, 0.3) is 11.1 Å². The average Bonchev–Trinajstić information content (AvgIpc) is 2.58. The lowest BCUT2D eigenvalue weighted by Crippen LogP contribution is -2.21. The molecule has 0 unspecified atom stereocenters. The first kappa shape index (κ1) is 13.0. The third-order valence-corrected chi connectivity index (χ3v) is 4.02. The van der Waals surface area contributed by atoms with Gasteiger partial charge in [0.1, 0.15) is 0 Å². The van der Waals surface area contributed by atoms with E-state index < -0.39 is 0 Å². The van der Waals surface area contributed by atoms with Gasteiger partial charge in [0.2, 0.25) is 0 Å². The number of halogens is 1. The van der Waals surface area contributed by atoms with E-state index in [0.29, 0.717) is 22.8 Å². The van der Waals surface area contributed by atoms with E-state index in [0.717, 1.165) is 28.7 Å². The van der Waals surface area contributed by atoms with Crippen LogP contribution in [0.1, 0.15) is 28.4 Å². The molecule has 0 spiro atoms. The van der Waals surface area contributed by atoms with Crippen LogP contribution < -0.4 is 11.1 Å². The highest BCUT2D eigenvalue weighted by Crippen LogP contribution is 2.35. The average molecular weight is 287 g/mol. The standard InChI is InChI=1S/C16H15ClN2O/c1-2-9-3-4-11-12-7-14(17)15(18)6-10(12)8-19-16(20)13(11)5-9/h3-7H,2,8,18H2,1H3,(H,19,20). The summed E-state index contributed by atoms with van der Waals surface area (Å²) in [5, 5.41) is 3.43. The quantitative estimate of drug-likeness (QED) is 0.790. The molecule has 0 fully saturated rings. The summed E-state index contributed by atoms with van der Waals surface area (Å²) in [5.74, 6) is -0.0545. The van der Waals surface area contributed by atoms with Gasteiger partial charge in [-0.25, -0.2) is 0 Å². The zero-order chi connectivity index (χ0) is 14.3. The normalized spacial score (nSPS) is 13.2. The van der Waals surface area contributed by atoms with E-state index in [2.05, 4.69) is 12.2 Å². The molecule has 0 atom stereocenters. The van der Waals surface area contributed by atoms with Gasteiger partial charge in [0.15, 0.2) is 0 Å². The molecule has 1 aliphatic heterocycles. The molecule has 1 heterocycles. The van der Waals surface area contributed by atoms with Crippen molar-refractivity contribution in [1.82, 2.24) is 5.32 Å². The third kappa shape index (κ3) is 2.04. The predicted octanol–water partition coefficient (Wildman–Crippen LogP) is 3.40. The number of carbonyl (C=O) groups excluding carboxylic acids is 1. The van der Waals surface area contributed by atoms with Gasteiger partial charge in [-0.2, -0.15) is 0 Å². The summed E-state index contributed by atoms with van der Waals surface area (Å²) in [6, 6.07) is 9.66. The Balaban J connectivity index is 2.28. The summed E-state index contributed by atoms with van der Waals surface area (Å²) in [6.07, 6.45) is 0.899. The molecule has 2 aromatic rings. The van der Waals surface area contributed by atoms with Crippen molar-refractivity contribution in [2.24, 2.45) is 0 Å². The molecule has 0 aliphatic carbocycles. The van der Waals surface area contributed by atoms with Gasteiger partial charge in [-0.05, 0) is 46.9 Å². The lowest BCUT2D eigenvalue weighted by molar-refractivity contribution is 0.0952. The Kier molecular flexibility index (Phi) is 3.14. The number of amides is 1. The zero-order valence-electron chi connectivity index (χ0n) is 11.2. The molecular weight excluding hydrogens is 272 g/mol. The van der Waals surface area contributed by atoms with Crippen molar-refractivity contribution in [2.45, 2.75) is 19.9 Å². The summed E-state index contributed by atoms with van der Waals surface area (Å²) in [4.78, 5) is 12.2. The fraction of sp³-hybridized carbons (Fsp3) is 0.188. The minimum absolute atomic E-state index is 0.0545. The highest BCUT2D eigenvalue weighted by Gasteiger charge is 2.21. The van der Waals surface area contributed by atoms with Gasteiger partial charge in [-0.3, -0.25) is 4.79 Å². The van der Waals surface area contributed by atoms with Crippen molar-refractivity contribution in [2.75, 3.05) is 5.73 Å². The largest absolute Gasteiger partial charge is 0.398 e. The van der Waals surface area contributed by atoms with Crippen molar-refractivity contribution in [3.63, 3.8) is 0 Å². The van der Waals surface area contributed by atoms with E-state index in [1.165, 1.54) is 0 Å². The van der Waals surface area contributed by atoms with Gasteiger partial charge in [-0.15, -0.1) is 0 Å². The van der Waals surface area contributed by atoms with E-state index in [1.54, 1.807) is 0 Å². The first-order chi connectivity index (χ1) is 9.60. The Morgan fingerprint density at radius 2 is 2.00 bits per heavy atom. The van der Waals surface area contributed by atoms with Gasteiger partial charge in [0.25, 0.3) is 5.91 Å². The smallest absolute Gasteiger partial charge is 0.252 e. The number of fused-ring (bicyclic) bond motifs is 3. The van der Waals surface area contributed by atoms with Crippen LogP contribution in [-0.4, -0.2) is 5.91 Å². The second-order valence-electron chi connectivity index (χ2n) is 4.95. The van der Waals surface area contributed by atoms with E-state index in [4.69, 9.17) is 17.3 Å². The second kappa shape index (κ2) is 4.84. The lowest BCUT2D eigenvalue weighted by Gasteiger charge is -2.11. The molecule has 3 N–H and O–H groups in total. The first-order valence-electron chi connectivity index (χ1n) is 6.59. The number of rotatable bonds is 1. The number of nitrogens with one attached hydrogen (secondary N) is 1. The zero-order valence-corrected chi connectivity index (χ0v) is 11.9. The third-order valence-electron chi connectivity index (χ3n) is 3.69. The molecule has 1 aliphatic rings. The molecule has 0 saturated heterocycles. The second-order valence-corrected chi connectivity index (χ2v) is 5.35. The Labute approximate surface area is 122 Å². The molecule has 0 radical (unpaired) electrons. The summed E-state index contributed by atoms with van der Waals surface area (Å²) in [6.45, 7) is 2.54. The lowest BCUT2D eigenvalue weighted by atomic mass is 9.94. The van der Waals surface area contributed by atoms with Crippen LogP contribution in [-0.2, 0) is 13.0 Å². The maximum Gasteiger partial charge on any atom is 0.252 e. The topological polar surface area (TPSA) is 55.1 Å². The number of hydrogen-bond acceptors (Lipinski definition) is 2. The van der Waals surface area contributed by atoms with E-state index in [9.17, 15) is 4.79 Å². The molecule has 102 valence electrons. The van der Waals surface area contributed by atoms with Crippen molar-refractivity contribution >= 4 is 23.2 Å². The summed E-state index contributed by atoms with van der Waals surface area (Å²) in [5.41, 5.74) is 11.1. The Bertz CT molecular complexity index is 710. The van der Waals surface area contributed by atoms with Crippen LogP contribution in [0.15, 0.2) is 30.3 Å². The molecule has 0 saturated carbocycles. The van der Waals surface area contributed by atoms with E-state index in [1.807, 2.05) is 30.3 Å². The van der Waals surface area contributed by atoms with Crippen molar-refractivity contribution in [3.05, 3.63) is 52.0 Å². The fourth-order valence-electron chi connectivity index (χ4n) is 2.54. The molecule has 3 rings (SSSR count). The fourth-order valence-corrected chi connectivity index (χ4v) is 2.70. The van der Waals surface area contributed by atoms with Gasteiger partial charge in [0.05, 0.1) is 10.7 Å². The number of benzene rings is 2. The highest BCUT2D eigenvalue weighted by atomic mass is 35.5. The Morgan fingerprint density at radius 3 is 2.75 bits per heavy atom. The van der Waals surface area contributed by atoms with Gasteiger partial charge < -0.3 is 11.1 Å². The van der Waals surface area contributed by atoms with Crippen molar-refractivity contribution in [1.29, 1.82) is 0 Å². The number of hydrogen-bond donors (Lipinski definition) is 2. The van der Waals surface area contributed by atoms with Gasteiger partial charge >= 0.3 is 0 Å². The molecule has 1 amide bonds. The SMILES string of the molecule is CCc1ccc2c(c1)C(=O)NCc1cc(N)c(Cl)cc1-2. The molecule has 20 heavy (non-hydrogen) atoms. The summed E-state index contributed by atoms with van der Waals surface area (Å²) < 4.78 is 0. The van der Waals surface area contributed by atoms with Crippen LogP contribution >= 0.6 is 11.6 Å². The molecule has 0 bridgehead atoms.